The van der Waals surface area contributed by atoms with Crippen LogP contribution in [-0.4, -0.2) is 0 Å². The molecule has 0 fully saturated rings. The van der Waals surface area contributed by atoms with Crippen LogP contribution in [0.15, 0.2) is 24.3 Å². The summed E-state index contributed by atoms with van der Waals surface area (Å²) in [5.74, 6) is 0. The maximum atomic E-state index is 12.0. The molecule has 0 saturated carbocycles. The van der Waals surface area contributed by atoms with Gasteiger partial charge in [-0.15, -0.1) is 4.48 Å². The van der Waals surface area contributed by atoms with Gasteiger partial charge in [-0.25, -0.2) is 5.54 Å². The second kappa shape index (κ2) is 3.00. The molecule has 0 spiro atoms. The molecule has 12 heavy (non-hydrogen) atoms. The highest BCUT2D eigenvalue weighted by Crippen LogP contribution is 2.30. The Morgan fingerprint density at radius 1 is 1.17 bits per heavy atom. The molecule has 0 aliphatic heterocycles. The number of hydrogen-bond donors (Lipinski definition) is 1. The van der Waals surface area contributed by atoms with Gasteiger partial charge in [0, 0.05) is 0 Å². The van der Waals surface area contributed by atoms with Crippen molar-refractivity contribution in [2.75, 3.05) is 5.54 Å². The van der Waals surface area contributed by atoms with E-state index >= 15 is 0 Å². The van der Waals surface area contributed by atoms with Crippen LogP contribution in [0.4, 0.5) is 23.3 Å². The highest BCUT2D eigenvalue weighted by atomic mass is 19.4. The quantitative estimate of drug-likeness (QED) is 0.516. The minimum atomic E-state index is -4.42. The lowest BCUT2D eigenvalue weighted by Crippen LogP contribution is -2.04. The van der Waals surface area contributed by atoms with Crippen molar-refractivity contribution in [1.29, 1.82) is 0 Å². The third-order valence-electron chi connectivity index (χ3n) is 1.30. The van der Waals surface area contributed by atoms with Crippen molar-refractivity contribution in [2.45, 2.75) is 6.18 Å². The lowest BCUT2D eigenvalue weighted by molar-refractivity contribution is -0.137. The molecular formula is C7H5F4N. The summed E-state index contributed by atoms with van der Waals surface area (Å²) in [4.78, 5) is 0. The largest absolute Gasteiger partial charge is 0.416 e. The van der Waals surface area contributed by atoms with Crippen LogP contribution in [0.1, 0.15) is 5.56 Å². The van der Waals surface area contributed by atoms with Crippen molar-refractivity contribution in [3.05, 3.63) is 29.8 Å². The maximum Gasteiger partial charge on any atom is 0.416 e. The van der Waals surface area contributed by atoms with Crippen molar-refractivity contribution in [2.24, 2.45) is 0 Å². The first kappa shape index (κ1) is 8.83. The Kier molecular flexibility index (Phi) is 2.21. The average molecular weight is 179 g/mol. The van der Waals surface area contributed by atoms with Gasteiger partial charge in [-0.2, -0.15) is 13.2 Å². The topological polar surface area (TPSA) is 12.0 Å². The average Bonchev–Trinajstić information content (AvgIpc) is 2.03. The molecule has 0 atom stereocenters. The van der Waals surface area contributed by atoms with Crippen molar-refractivity contribution in [1.82, 2.24) is 0 Å². The zero-order chi connectivity index (χ0) is 9.19. The number of nitrogens with one attached hydrogen (secondary N) is 1. The van der Waals surface area contributed by atoms with Gasteiger partial charge in [-0.1, -0.05) is 6.07 Å². The first-order valence-corrected chi connectivity index (χ1v) is 3.08. The molecule has 0 bridgehead atoms. The smallest absolute Gasteiger partial charge is 0.225 e. The Morgan fingerprint density at radius 2 is 1.83 bits per heavy atom. The van der Waals surface area contributed by atoms with Gasteiger partial charge < -0.3 is 0 Å². The van der Waals surface area contributed by atoms with Crippen molar-refractivity contribution >= 4 is 5.69 Å². The lowest BCUT2D eigenvalue weighted by atomic mass is 10.2. The highest BCUT2D eigenvalue weighted by molar-refractivity contribution is 5.44. The Balaban J connectivity index is 3.02. The molecule has 0 aromatic heterocycles. The standard InChI is InChI=1S/C7H5F4N/c8-7(9,10)5-2-1-3-6(4-5)12-11/h1-4,12H. The maximum absolute atomic E-state index is 12.0. The van der Waals surface area contributed by atoms with Crippen LogP contribution < -0.4 is 5.54 Å². The van der Waals surface area contributed by atoms with E-state index in [1.807, 2.05) is 0 Å². The molecule has 1 nitrogen and oxygen atoms in total. The third-order valence-corrected chi connectivity index (χ3v) is 1.30. The van der Waals surface area contributed by atoms with Crippen molar-refractivity contribution in [3.8, 4) is 0 Å². The van der Waals surface area contributed by atoms with Crippen LogP contribution >= 0.6 is 0 Å². The fourth-order valence-electron chi connectivity index (χ4n) is 0.754. The summed E-state index contributed by atoms with van der Waals surface area (Å²) in [6.45, 7) is 0. The van der Waals surface area contributed by atoms with E-state index in [1.165, 1.54) is 6.07 Å². The molecule has 66 valence electrons. The molecule has 0 saturated heterocycles. The third kappa shape index (κ3) is 1.87. The molecule has 0 unspecified atom stereocenters. The van der Waals surface area contributed by atoms with E-state index < -0.39 is 11.7 Å². The molecule has 0 radical (unpaired) electrons. The second-order valence-electron chi connectivity index (χ2n) is 2.17. The van der Waals surface area contributed by atoms with E-state index in [-0.39, 0.29) is 5.69 Å². The molecule has 0 aliphatic rings. The highest BCUT2D eigenvalue weighted by Gasteiger charge is 2.30. The number of halogens is 4. The summed E-state index contributed by atoms with van der Waals surface area (Å²) < 4.78 is 47.5. The van der Waals surface area contributed by atoms with Gasteiger partial charge in [0.05, 0.1) is 11.3 Å². The van der Waals surface area contributed by atoms with E-state index in [0.717, 1.165) is 17.7 Å². The van der Waals surface area contributed by atoms with Crippen LogP contribution in [0.2, 0.25) is 0 Å². The van der Waals surface area contributed by atoms with E-state index in [4.69, 9.17) is 0 Å². The van der Waals surface area contributed by atoms with Crippen LogP contribution in [0.3, 0.4) is 0 Å². The Morgan fingerprint density at radius 3 is 2.33 bits per heavy atom. The SMILES string of the molecule is FNc1cccc(C(F)(F)F)c1. The van der Waals surface area contributed by atoms with Crippen LogP contribution in [0.5, 0.6) is 0 Å². The van der Waals surface area contributed by atoms with Gasteiger partial charge in [0.2, 0.25) is 0 Å². The van der Waals surface area contributed by atoms with E-state index in [0.29, 0.717) is 6.07 Å². The normalized spacial score (nSPS) is 11.3. The summed E-state index contributed by atoms with van der Waals surface area (Å²) in [7, 11) is 0. The molecule has 0 aliphatic carbocycles. The monoisotopic (exact) mass is 179 g/mol. The summed E-state index contributed by atoms with van der Waals surface area (Å²) in [5, 5.41) is 0. The molecule has 1 aromatic rings. The zero-order valence-corrected chi connectivity index (χ0v) is 5.82. The fraction of sp³-hybridized carbons (Fsp3) is 0.143. The first-order chi connectivity index (χ1) is 5.54. The Labute approximate surface area is 65.9 Å². The van der Waals surface area contributed by atoms with E-state index in [9.17, 15) is 17.7 Å². The van der Waals surface area contributed by atoms with Gasteiger partial charge in [0.15, 0.2) is 0 Å². The lowest BCUT2D eigenvalue weighted by Gasteiger charge is -2.06. The van der Waals surface area contributed by atoms with Gasteiger partial charge in [-0.05, 0) is 18.2 Å². The predicted molar refractivity (Wildman–Crippen MR) is 36.2 cm³/mol. The summed E-state index contributed by atoms with van der Waals surface area (Å²) in [5.41, 5.74) is 0.0653. The molecule has 0 heterocycles. The van der Waals surface area contributed by atoms with Crippen LogP contribution in [-0.2, 0) is 6.18 Å². The van der Waals surface area contributed by atoms with Crippen molar-refractivity contribution < 1.29 is 17.7 Å². The minimum Gasteiger partial charge on any atom is -0.225 e. The Bertz CT molecular complexity index is 268. The molecule has 5 heteroatoms. The van der Waals surface area contributed by atoms with Gasteiger partial charge >= 0.3 is 6.18 Å². The fourth-order valence-corrected chi connectivity index (χ4v) is 0.754. The number of hydrogen-bond acceptors (Lipinski definition) is 1. The zero-order valence-electron chi connectivity index (χ0n) is 5.82. The summed E-state index contributed by atoms with van der Waals surface area (Å²) >= 11 is 0. The summed E-state index contributed by atoms with van der Waals surface area (Å²) in [6, 6.07) is 3.90. The molecule has 1 N–H and O–H groups in total. The number of alkyl halides is 3. The number of rotatable bonds is 1. The first-order valence-electron chi connectivity index (χ1n) is 3.08. The summed E-state index contributed by atoms with van der Waals surface area (Å²) in [6.07, 6.45) is -4.42. The molecule has 1 rings (SSSR count). The van der Waals surface area contributed by atoms with Gasteiger partial charge in [-0.3, -0.25) is 0 Å². The number of anilines is 1. The van der Waals surface area contributed by atoms with Crippen molar-refractivity contribution in [3.63, 3.8) is 0 Å². The number of benzene rings is 1. The second-order valence-corrected chi connectivity index (χ2v) is 2.17. The molecular weight excluding hydrogens is 174 g/mol. The van der Waals surface area contributed by atoms with Gasteiger partial charge in [0.1, 0.15) is 0 Å². The van der Waals surface area contributed by atoms with Crippen LogP contribution in [0, 0.1) is 0 Å². The molecule has 1 aromatic carbocycles. The van der Waals surface area contributed by atoms with Gasteiger partial charge in [0.25, 0.3) is 0 Å². The Hall–Kier alpha value is -1.26. The van der Waals surface area contributed by atoms with Crippen LogP contribution in [0.25, 0.3) is 0 Å². The molecule has 0 amide bonds. The van der Waals surface area contributed by atoms with E-state index in [1.54, 1.807) is 0 Å². The predicted octanol–water partition coefficient (Wildman–Crippen LogP) is 3.00. The minimum absolute atomic E-state index is 0.204. The van der Waals surface area contributed by atoms with E-state index in [2.05, 4.69) is 0 Å².